The lowest BCUT2D eigenvalue weighted by Crippen LogP contribution is -2.11. The fourth-order valence-corrected chi connectivity index (χ4v) is 1.85. The highest BCUT2D eigenvalue weighted by Gasteiger charge is 2.20. The Morgan fingerprint density at radius 2 is 2.00 bits per heavy atom. The van der Waals surface area contributed by atoms with Gasteiger partial charge in [0.25, 0.3) is 0 Å². The quantitative estimate of drug-likeness (QED) is 0.788. The maximum atomic E-state index is 12.0. The number of hydrogen-bond donors (Lipinski definition) is 1. The standard InChI is InChI=1S/C14H18O4/c1-4-5-6-12(15)11-8-10(18-3)7-9(2)13(11)14(16)17/h7-8H,4-6H2,1-3H3,(H,16,17). The van der Waals surface area contributed by atoms with Crippen LogP contribution in [0.3, 0.4) is 0 Å². The molecule has 0 aliphatic heterocycles. The molecule has 1 aromatic rings. The van der Waals surface area contributed by atoms with Crippen molar-refractivity contribution in [1.29, 1.82) is 0 Å². The number of carboxylic acid groups (broad SMARTS) is 1. The molecule has 0 saturated carbocycles. The number of ketones is 1. The summed E-state index contributed by atoms with van der Waals surface area (Å²) in [5.41, 5.74) is 0.867. The Kier molecular flexibility index (Phi) is 4.89. The van der Waals surface area contributed by atoms with Gasteiger partial charge in [-0.3, -0.25) is 4.79 Å². The zero-order chi connectivity index (χ0) is 13.7. The van der Waals surface area contributed by atoms with E-state index >= 15 is 0 Å². The fraction of sp³-hybridized carbons (Fsp3) is 0.429. The van der Waals surface area contributed by atoms with Crippen LogP contribution < -0.4 is 4.74 Å². The molecule has 0 aliphatic carbocycles. The molecule has 0 amide bonds. The Labute approximate surface area is 107 Å². The van der Waals surface area contributed by atoms with Crippen molar-refractivity contribution in [2.24, 2.45) is 0 Å². The Bertz CT molecular complexity index is 463. The van der Waals surface area contributed by atoms with E-state index in [1.165, 1.54) is 13.2 Å². The SMILES string of the molecule is CCCCC(=O)c1cc(OC)cc(C)c1C(=O)O. The third-order valence-corrected chi connectivity index (χ3v) is 2.82. The van der Waals surface area contributed by atoms with Crippen LogP contribution in [0.15, 0.2) is 12.1 Å². The van der Waals surface area contributed by atoms with Gasteiger partial charge in [-0.05, 0) is 31.0 Å². The van der Waals surface area contributed by atoms with Gasteiger partial charge in [-0.1, -0.05) is 13.3 Å². The molecule has 1 rings (SSSR count). The van der Waals surface area contributed by atoms with Crippen LogP contribution in [0.4, 0.5) is 0 Å². The van der Waals surface area contributed by atoms with Crippen LogP contribution in [0.1, 0.15) is 52.5 Å². The number of hydrogen-bond acceptors (Lipinski definition) is 3. The summed E-state index contributed by atoms with van der Waals surface area (Å²) >= 11 is 0. The summed E-state index contributed by atoms with van der Waals surface area (Å²) < 4.78 is 5.08. The summed E-state index contributed by atoms with van der Waals surface area (Å²) in [5, 5.41) is 9.19. The average Bonchev–Trinajstić information content (AvgIpc) is 2.34. The van der Waals surface area contributed by atoms with E-state index in [0.29, 0.717) is 17.7 Å². The second-order valence-electron chi connectivity index (χ2n) is 4.20. The van der Waals surface area contributed by atoms with Crippen LogP contribution in [0, 0.1) is 6.92 Å². The number of benzene rings is 1. The van der Waals surface area contributed by atoms with Crippen molar-refractivity contribution >= 4 is 11.8 Å². The number of aromatic carboxylic acids is 1. The monoisotopic (exact) mass is 250 g/mol. The van der Waals surface area contributed by atoms with Gasteiger partial charge in [0.05, 0.1) is 12.7 Å². The smallest absolute Gasteiger partial charge is 0.336 e. The molecule has 0 radical (unpaired) electrons. The number of ether oxygens (including phenoxy) is 1. The Morgan fingerprint density at radius 3 is 2.50 bits per heavy atom. The second kappa shape index (κ2) is 6.19. The van der Waals surface area contributed by atoms with Crippen LogP contribution in [-0.4, -0.2) is 24.0 Å². The Hall–Kier alpha value is -1.84. The second-order valence-corrected chi connectivity index (χ2v) is 4.20. The van der Waals surface area contributed by atoms with Crippen molar-refractivity contribution in [1.82, 2.24) is 0 Å². The maximum Gasteiger partial charge on any atom is 0.336 e. The van der Waals surface area contributed by atoms with Gasteiger partial charge in [0.2, 0.25) is 0 Å². The highest BCUT2D eigenvalue weighted by Crippen LogP contribution is 2.24. The Morgan fingerprint density at radius 1 is 1.33 bits per heavy atom. The van der Waals surface area contributed by atoms with E-state index < -0.39 is 5.97 Å². The summed E-state index contributed by atoms with van der Waals surface area (Å²) in [6.07, 6.45) is 2.02. The molecular weight excluding hydrogens is 232 g/mol. The summed E-state index contributed by atoms with van der Waals surface area (Å²) in [5.74, 6) is -0.705. The zero-order valence-electron chi connectivity index (χ0n) is 10.9. The van der Waals surface area contributed by atoms with Crippen LogP contribution in [-0.2, 0) is 0 Å². The number of rotatable bonds is 6. The molecule has 4 nitrogen and oxygen atoms in total. The molecule has 0 aromatic heterocycles. The molecule has 0 spiro atoms. The Balaban J connectivity index is 3.25. The molecule has 4 heteroatoms. The highest BCUT2D eigenvalue weighted by molar-refractivity contribution is 6.07. The van der Waals surface area contributed by atoms with Gasteiger partial charge >= 0.3 is 5.97 Å². The van der Waals surface area contributed by atoms with Gasteiger partial charge in [-0.2, -0.15) is 0 Å². The third-order valence-electron chi connectivity index (χ3n) is 2.82. The molecule has 1 N–H and O–H groups in total. The molecule has 0 atom stereocenters. The van der Waals surface area contributed by atoms with Crippen molar-refractivity contribution in [3.8, 4) is 5.75 Å². The lowest BCUT2D eigenvalue weighted by molar-refractivity contribution is 0.0691. The van der Waals surface area contributed by atoms with E-state index in [1.54, 1.807) is 13.0 Å². The molecule has 0 bridgehead atoms. The zero-order valence-corrected chi connectivity index (χ0v) is 10.9. The first kappa shape index (κ1) is 14.2. The number of unbranched alkanes of at least 4 members (excludes halogenated alkanes) is 1. The van der Waals surface area contributed by atoms with Crippen molar-refractivity contribution < 1.29 is 19.4 Å². The molecular formula is C14H18O4. The van der Waals surface area contributed by atoms with E-state index in [2.05, 4.69) is 0 Å². The average molecular weight is 250 g/mol. The molecule has 0 heterocycles. The van der Waals surface area contributed by atoms with Gasteiger partial charge in [0.15, 0.2) is 5.78 Å². The third kappa shape index (κ3) is 3.09. The summed E-state index contributed by atoms with van der Waals surface area (Å²) in [6.45, 7) is 3.66. The predicted octanol–water partition coefficient (Wildman–Crippen LogP) is 3.07. The first-order valence-corrected chi connectivity index (χ1v) is 5.96. The first-order valence-electron chi connectivity index (χ1n) is 5.96. The van der Waals surface area contributed by atoms with E-state index in [0.717, 1.165) is 12.8 Å². The molecule has 0 saturated heterocycles. The molecule has 0 fully saturated rings. The molecule has 98 valence electrons. The van der Waals surface area contributed by atoms with Gasteiger partial charge in [0.1, 0.15) is 5.75 Å². The number of Topliss-reactive ketones (excluding diaryl/α,β-unsaturated/α-hetero) is 1. The van der Waals surface area contributed by atoms with Gasteiger partial charge in [-0.15, -0.1) is 0 Å². The van der Waals surface area contributed by atoms with Crippen molar-refractivity contribution in [3.05, 3.63) is 28.8 Å². The minimum Gasteiger partial charge on any atom is -0.497 e. The minimum atomic E-state index is -1.07. The molecule has 0 unspecified atom stereocenters. The van der Waals surface area contributed by atoms with E-state index in [9.17, 15) is 14.7 Å². The van der Waals surface area contributed by atoms with Crippen molar-refractivity contribution in [2.75, 3.05) is 7.11 Å². The van der Waals surface area contributed by atoms with Crippen molar-refractivity contribution in [2.45, 2.75) is 33.1 Å². The first-order chi connectivity index (χ1) is 8.51. The topological polar surface area (TPSA) is 63.6 Å². The lowest BCUT2D eigenvalue weighted by Gasteiger charge is -2.10. The van der Waals surface area contributed by atoms with Crippen LogP contribution >= 0.6 is 0 Å². The number of carbonyl (C=O) groups excluding carboxylic acids is 1. The van der Waals surface area contributed by atoms with Gasteiger partial charge in [-0.25, -0.2) is 4.79 Å². The van der Waals surface area contributed by atoms with Crippen LogP contribution in [0.2, 0.25) is 0 Å². The molecule has 1 aromatic carbocycles. The summed E-state index contributed by atoms with van der Waals surface area (Å²) in [6, 6.07) is 3.13. The largest absolute Gasteiger partial charge is 0.497 e. The fourth-order valence-electron chi connectivity index (χ4n) is 1.85. The van der Waals surface area contributed by atoms with Crippen LogP contribution in [0.5, 0.6) is 5.75 Å². The highest BCUT2D eigenvalue weighted by atomic mass is 16.5. The van der Waals surface area contributed by atoms with Crippen LogP contribution in [0.25, 0.3) is 0 Å². The summed E-state index contributed by atoms with van der Waals surface area (Å²) in [7, 11) is 1.50. The number of aryl methyl sites for hydroxylation is 1. The van der Waals surface area contributed by atoms with Gasteiger partial charge in [0, 0.05) is 12.0 Å². The van der Waals surface area contributed by atoms with Crippen molar-refractivity contribution in [3.63, 3.8) is 0 Å². The van der Waals surface area contributed by atoms with E-state index in [1.807, 2.05) is 6.92 Å². The normalized spacial score (nSPS) is 10.2. The molecule has 0 aliphatic rings. The van der Waals surface area contributed by atoms with Gasteiger partial charge < -0.3 is 9.84 Å². The van der Waals surface area contributed by atoms with E-state index in [-0.39, 0.29) is 16.9 Å². The number of carbonyl (C=O) groups is 2. The van der Waals surface area contributed by atoms with E-state index in [4.69, 9.17) is 4.74 Å². The molecule has 18 heavy (non-hydrogen) atoms. The number of carboxylic acids is 1. The predicted molar refractivity (Wildman–Crippen MR) is 68.5 cm³/mol. The maximum absolute atomic E-state index is 12.0. The summed E-state index contributed by atoms with van der Waals surface area (Å²) in [4.78, 5) is 23.3. The lowest BCUT2D eigenvalue weighted by atomic mass is 9.96. The minimum absolute atomic E-state index is 0.0805. The number of methoxy groups -OCH3 is 1.